The number of rotatable bonds is 1. The fourth-order valence-corrected chi connectivity index (χ4v) is 1.31. The van der Waals surface area contributed by atoms with Crippen molar-refractivity contribution in [2.24, 2.45) is 0 Å². The Morgan fingerprint density at radius 1 is 1.46 bits per heavy atom. The molecule has 2 aromatic heterocycles. The van der Waals surface area contributed by atoms with E-state index < -0.39 is 0 Å². The molecule has 2 aromatic rings. The molecule has 0 spiro atoms. The second-order valence-electron chi connectivity index (χ2n) is 2.94. The van der Waals surface area contributed by atoms with Gasteiger partial charge in [0.2, 0.25) is 5.71 Å². The van der Waals surface area contributed by atoms with Crippen molar-refractivity contribution >= 4 is 16.9 Å². The Kier molecular flexibility index (Phi) is 1.69. The molecule has 0 aliphatic carbocycles. The van der Waals surface area contributed by atoms with Crippen LogP contribution in [0.5, 0.6) is 0 Å². The summed E-state index contributed by atoms with van der Waals surface area (Å²) < 4.78 is 5.29. The Labute approximate surface area is 75.8 Å². The third-order valence-electron chi connectivity index (χ3n) is 1.94. The molecule has 0 aromatic carbocycles. The molecule has 0 saturated carbocycles. The number of nitrogen functional groups attached to an aromatic ring is 1. The topological polar surface area (TPSA) is 64.9 Å². The maximum absolute atomic E-state index is 5.76. The van der Waals surface area contributed by atoms with E-state index >= 15 is 0 Å². The van der Waals surface area contributed by atoms with Crippen LogP contribution in [-0.4, -0.2) is 9.97 Å². The first-order chi connectivity index (χ1) is 6.20. The van der Waals surface area contributed by atoms with Gasteiger partial charge in [0, 0.05) is 6.92 Å². The summed E-state index contributed by atoms with van der Waals surface area (Å²) in [4.78, 5) is 8.40. The van der Waals surface area contributed by atoms with Crippen molar-refractivity contribution in [3.05, 3.63) is 17.7 Å². The van der Waals surface area contributed by atoms with Gasteiger partial charge in [0.15, 0.2) is 5.89 Å². The van der Waals surface area contributed by atoms with Crippen molar-refractivity contribution in [2.45, 2.75) is 20.3 Å². The third kappa shape index (κ3) is 1.24. The highest BCUT2D eigenvalue weighted by Crippen LogP contribution is 2.18. The van der Waals surface area contributed by atoms with E-state index in [2.05, 4.69) is 9.97 Å². The lowest BCUT2D eigenvalue weighted by atomic mass is 10.2. The van der Waals surface area contributed by atoms with E-state index in [1.54, 1.807) is 13.0 Å². The first-order valence-corrected chi connectivity index (χ1v) is 4.23. The Morgan fingerprint density at radius 2 is 2.23 bits per heavy atom. The van der Waals surface area contributed by atoms with Gasteiger partial charge in [-0.05, 0) is 12.5 Å². The van der Waals surface area contributed by atoms with Crippen LogP contribution in [0, 0.1) is 6.92 Å². The molecule has 0 aliphatic rings. The Morgan fingerprint density at radius 3 is 2.92 bits per heavy atom. The Hall–Kier alpha value is -1.58. The van der Waals surface area contributed by atoms with Gasteiger partial charge in [-0.2, -0.15) is 0 Å². The number of nitrogens with zero attached hydrogens (tertiary/aromatic N) is 2. The first kappa shape index (κ1) is 8.04. The molecule has 68 valence electrons. The van der Waals surface area contributed by atoms with Crippen LogP contribution in [0.15, 0.2) is 10.5 Å². The largest absolute Gasteiger partial charge is 0.423 e. The van der Waals surface area contributed by atoms with Gasteiger partial charge in [-0.15, -0.1) is 0 Å². The summed E-state index contributed by atoms with van der Waals surface area (Å²) in [6.45, 7) is 3.80. The van der Waals surface area contributed by atoms with Crippen molar-refractivity contribution in [2.75, 3.05) is 5.73 Å². The van der Waals surface area contributed by atoms with Crippen LogP contribution in [0.1, 0.15) is 18.5 Å². The standard InChI is InChI=1S/C9H11N3O/c1-3-7-6(10)4-8-9(12-7)13-5(2)11-8/h4H,3,10H2,1-2H3. The van der Waals surface area contributed by atoms with Crippen molar-refractivity contribution in [3.8, 4) is 0 Å². The molecular weight excluding hydrogens is 166 g/mol. The van der Waals surface area contributed by atoms with Crippen LogP contribution in [0.25, 0.3) is 11.2 Å². The molecule has 0 radical (unpaired) electrons. The van der Waals surface area contributed by atoms with Gasteiger partial charge in [-0.3, -0.25) is 0 Å². The first-order valence-electron chi connectivity index (χ1n) is 4.23. The van der Waals surface area contributed by atoms with Crippen LogP contribution in [0.2, 0.25) is 0 Å². The summed E-state index contributed by atoms with van der Waals surface area (Å²) in [7, 11) is 0. The number of oxazole rings is 1. The van der Waals surface area contributed by atoms with Crippen molar-refractivity contribution in [1.29, 1.82) is 0 Å². The fraction of sp³-hybridized carbons (Fsp3) is 0.333. The highest BCUT2D eigenvalue weighted by atomic mass is 16.4. The number of aromatic nitrogens is 2. The molecule has 2 N–H and O–H groups in total. The molecule has 4 nitrogen and oxygen atoms in total. The summed E-state index contributed by atoms with van der Waals surface area (Å²) in [5, 5.41) is 0. The summed E-state index contributed by atoms with van der Waals surface area (Å²) in [6.07, 6.45) is 0.807. The molecule has 2 heterocycles. The zero-order valence-corrected chi connectivity index (χ0v) is 7.66. The van der Waals surface area contributed by atoms with Gasteiger partial charge in [0.25, 0.3) is 0 Å². The van der Waals surface area contributed by atoms with Crippen molar-refractivity contribution in [1.82, 2.24) is 9.97 Å². The summed E-state index contributed by atoms with van der Waals surface area (Å²) in [5.41, 5.74) is 8.61. The lowest BCUT2D eigenvalue weighted by Gasteiger charge is -1.98. The predicted octanol–water partition coefficient (Wildman–Crippen LogP) is 1.68. The van der Waals surface area contributed by atoms with Crippen LogP contribution >= 0.6 is 0 Å². The second-order valence-corrected chi connectivity index (χ2v) is 2.94. The average molecular weight is 177 g/mol. The number of fused-ring (bicyclic) bond motifs is 1. The van der Waals surface area contributed by atoms with Gasteiger partial charge in [0.05, 0.1) is 11.4 Å². The van der Waals surface area contributed by atoms with E-state index in [1.807, 2.05) is 6.92 Å². The molecule has 0 atom stereocenters. The Bertz CT molecular complexity index is 447. The van der Waals surface area contributed by atoms with Gasteiger partial charge in [-0.1, -0.05) is 6.92 Å². The normalized spacial score (nSPS) is 10.9. The summed E-state index contributed by atoms with van der Waals surface area (Å²) >= 11 is 0. The van der Waals surface area contributed by atoms with Crippen LogP contribution < -0.4 is 5.73 Å². The predicted molar refractivity (Wildman–Crippen MR) is 50.3 cm³/mol. The van der Waals surface area contributed by atoms with E-state index in [4.69, 9.17) is 10.2 Å². The fourth-order valence-electron chi connectivity index (χ4n) is 1.31. The minimum absolute atomic E-state index is 0.573. The van der Waals surface area contributed by atoms with Gasteiger partial charge in [0.1, 0.15) is 5.52 Å². The SMILES string of the molecule is CCc1nc2oc(C)nc2cc1N. The number of anilines is 1. The smallest absolute Gasteiger partial charge is 0.247 e. The maximum Gasteiger partial charge on any atom is 0.247 e. The van der Waals surface area contributed by atoms with Gasteiger partial charge in [-0.25, -0.2) is 9.97 Å². The summed E-state index contributed by atoms with van der Waals surface area (Å²) in [5.74, 6) is 0.621. The highest BCUT2D eigenvalue weighted by Gasteiger charge is 2.07. The van der Waals surface area contributed by atoms with Crippen LogP contribution in [-0.2, 0) is 6.42 Å². The molecule has 0 fully saturated rings. The van der Waals surface area contributed by atoms with Crippen LogP contribution in [0.3, 0.4) is 0 Å². The molecule has 4 heteroatoms. The summed E-state index contributed by atoms with van der Waals surface area (Å²) in [6, 6.07) is 1.80. The lowest BCUT2D eigenvalue weighted by molar-refractivity contribution is 0.550. The second kappa shape index (κ2) is 2.73. The van der Waals surface area contributed by atoms with Gasteiger partial charge < -0.3 is 10.2 Å². The maximum atomic E-state index is 5.76. The van der Waals surface area contributed by atoms with E-state index in [0.717, 1.165) is 17.6 Å². The number of aryl methyl sites for hydroxylation is 2. The minimum atomic E-state index is 0.573. The molecule has 0 saturated heterocycles. The average Bonchev–Trinajstić information content (AvgIpc) is 2.42. The molecule has 0 amide bonds. The molecule has 0 unspecified atom stereocenters. The highest BCUT2D eigenvalue weighted by molar-refractivity contribution is 5.73. The molecule has 0 bridgehead atoms. The zero-order valence-electron chi connectivity index (χ0n) is 7.66. The third-order valence-corrected chi connectivity index (χ3v) is 1.94. The molecule has 2 rings (SSSR count). The van der Waals surface area contributed by atoms with E-state index in [1.165, 1.54) is 0 Å². The molecule has 13 heavy (non-hydrogen) atoms. The van der Waals surface area contributed by atoms with Crippen LogP contribution in [0.4, 0.5) is 5.69 Å². The number of pyridine rings is 1. The van der Waals surface area contributed by atoms with Gasteiger partial charge >= 0.3 is 0 Å². The number of hydrogen-bond acceptors (Lipinski definition) is 4. The molecular formula is C9H11N3O. The van der Waals surface area contributed by atoms with Crippen molar-refractivity contribution < 1.29 is 4.42 Å². The molecule has 0 aliphatic heterocycles. The quantitative estimate of drug-likeness (QED) is 0.719. The minimum Gasteiger partial charge on any atom is -0.423 e. The number of nitrogens with two attached hydrogens (primary N) is 1. The monoisotopic (exact) mass is 177 g/mol. The van der Waals surface area contributed by atoms with E-state index in [0.29, 0.717) is 17.3 Å². The van der Waals surface area contributed by atoms with E-state index in [-0.39, 0.29) is 0 Å². The lowest BCUT2D eigenvalue weighted by Crippen LogP contribution is -1.95. The zero-order chi connectivity index (χ0) is 9.42. The number of hydrogen-bond donors (Lipinski definition) is 1. The van der Waals surface area contributed by atoms with E-state index in [9.17, 15) is 0 Å². The van der Waals surface area contributed by atoms with Crippen molar-refractivity contribution in [3.63, 3.8) is 0 Å². The Balaban J connectivity index is 2.72.